The Morgan fingerprint density at radius 2 is 1.50 bits per heavy atom. The summed E-state index contributed by atoms with van der Waals surface area (Å²) in [5.74, 6) is -5.20. The highest BCUT2D eigenvalue weighted by molar-refractivity contribution is 5.99. The molecule has 346 valence electrons. The Morgan fingerprint density at radius 1 is 0.859 bits per heavy atom. The van der Waals surface area contributed by atoms with Crippen molar-refractivity contribution in [2.75, 3.05) is 36.5 Å². The molecule has 0 saturated heterocycles. The Morgan fingerprint density at radius 3 is 2.11 bits per heavy atom. The Hall–Kier alpha value is -6.48. The number of nitrogens with one attached hydrogen (secondary N) is 5. The summed E-state index contributed by atoms with van der Waals surface area (Å²) in [6.45, 7) is 12.5. The van der Waals surface area contributed by atoms with Gasteiger partial charge in [0.05, 0.1) is 31.6 Å². The molecule has 1 unspecified atom stereocenters. The molecule has 2 aromatic heterocycles. The molecule has 2 atom stereocenters. The molecule has 64 heavy (non-hydrogen) atoms. The van der Waals surface area contributed by atoms with Gasteiger partial charge in [-0.25, -0.2) is 14.8 Å². The lowest BCUT2D eigenvalue weighted by Gasteiger charge is -2.41. The molecule has 18 nitrogen and oxygen atoms in total. The maximum absolute atomic E-state index is 13.8. The van der Waals surface area contributed by atoms with Crippen molar-refractivity contribution in [1.29, 1.82) is 0 Å². The number of hydrogen-bond donors (Lipinski definition) is 5. The number of alkyl carbamates (subject to hydrolysis) is 1. The fourth-order valence-corrected chi connectivity index (χ4v) is 5.64. The first-order valence-corrected chi connectivity index (χ1v) is 20.4. The number of aromatic nitrogens is 4. The van der Waals surface area contributed by atoms with E-state index in [-0.39, 0.29) is 85.7 Å². The van der Waals surface area contributed by atoms with Gasteiger partial charge in [0.15, 0.2) is 17.0 Å². The van der Waals surface area contributed by atoms with Gasteiger partial charge in [0.2, 0.25) is 17.8 Å². The average molecular weight is 898 g/mol. The van der Waals surface area contributed by atoms with Crippen molar-refractivity contribution in [2.45, 2.75) is 92.5 Å². The number of carbonyl (C=O) groups is 5. The third kappa shape index (κ3) is 14.8. The van der Waals surface area contributed by atoms with Crippen LogP contribution in [0.15, 0.2) is 65.6 Å². The average Bonchev–Trinajstić information content (AvgIpc) is 3.24. The zero-order valence-electron chi connectivity index (χ0n) is 36.7. The van der Waals surface area contributed by atoms with E-state index in [0.29, 0.717) is 4.90 Å². The van der Waals surface area contributed by atoms with Crippen LogP contribution in [0.25, 0.3) is 11.2 Å². The van der Waals surface area contributed by atoms with Crippen molar-refractivity contribution in [1.82, 2.24) is 35.9 Å². The Bertz CT molecular complexity index is 2300. The summed E-state index contributed by atoms with van der Waals surface area (Å²) in [4.78, 5) is 89.9. The van der Waals surface area contributed by atoms with Crippen molar-refractivity contribution in [3.05, 3.63) is 88.0 Å². The lowest BCUT2D eigenvalue weighted by atomic mass is 9.86. The van der Waals surface area contributed by atoms with Crippen molar-refractivity contribution >= 4 is 52.5 Å². The minimum Gasteiger partial charge on any atom is -0.445 e. The van der Waals surface area contributed by atoms with E-state index < -0.39 is 65.3 Å². The highest BCUT2D eigenvalue weighted by Gasteiger charge is 2.43. The predicted molar refractivity (Wildman–Crippen MR) is 229 cm³/mol. The van der Waals surface area contributed by atoms with E-state index in [0.717, 1.165) is 23.9 Å². The molecular weight excluding hydrogens is 844 g/mol. The second-order valence-corrected chi connectivity index (χ2v) is 16.2. The van der Waals surface area contributed by atoms with Crippen LogP contribution in [0, 0.1) is 11.3 Å². The van der Waals surface area contributed by atoms with Gasteiger partial charge in [0.25, 0.3) is 11.5 Å². The minimum absolute atomic E-state index is 0.0590. The van der Waals surface area contributed by atoms with E-state index in [2.05, 4.69) is 41.2 Å². The summed E-state index contributed by atoms with van der Waals surface area (Å²) >= 11 is 0. The first-order chi connectivity index (χ1) is 30.1. The van der Waals surface area contributed by atoms with Crippen LogP contribution in [0.5, 0.6) is 0 Å². The number of rotatable bonds is 20. The van der Waals surface area contributed by atoms with Crippen LogP contribution >= 0.6 is 0 Å². The third-order valence-corrected chi connectivity index (χ3v) is 9.79. The van der Waals surface area contributed by atoms with Gasteiger partial charge in [-0.3, -0.25) is 39.2 Å². The smallest absolute Gasteiger partial charge is 0.445 e. The fourth-order valence-electron chi connectivity index (χ4n) is 5.64. The molecule has 5 amide bonds. The maximum Gasteiger partial charge on any atom is 0.471 e. The molecule has 4 rings (SSSR count). The predicted octanol–water partition coefficient (Wildman–Crippen LogP) is 5.14. The highest BCUT2D eigenvalue weighted by Crippen LogP contribution is 2.34. The van der Waals surface area contributed by atoms with Crippen LogP contribution in [0.4, 0.5) is 29.6 Å². The molecule has 0 fully saturated rings. The zero-order valence-corrected chi connectivity index (χ0v) is 36.7. The molecule has 0 spiro atoms. The van der Waals surface area contributed by atoms with Gasteiger partial charge in [-0.2, -0.15) is 18.2 Å². The molecule has 0 aliphatic rings. The summed E-state index contributed by atoms with van der Waals surface area (Å²) in [6.07, 6.45) is -4.51. The molecule has 2 aromatic carbocycles. The van der Waals surface area contributed by atoms with E-state index in [1.54, 1.807) is 27.7 Å². The molecule has 0 saturated carbocycles. The minimum atomic E-state index is -5.29. The van der Waals surface area contributed by atoms with Crippen LogP contribution < -0.4 is 31.7 Å². The number of anilines is 2. The summed E-state index contributed by atoms with van der Waals surface area (Å²) in [5, 5.41) is 10.6. The first kappa shape index (κ1) is 50.2. The summed E-state index contributed by atoms with van der Waals surface area (Å²) in [7, 11) is 0. The number of H-pyrrole nitrogens is 1. The van der Waals surface area contributed by atoms with Crippen LogP contribution in [0.3, 0.4) is 0 Å². The number of benzene rings is 2. The monoisotopic (exact) mass is 897 g/mol. The highest BCUT2D eigenvalue weighted by atomic mass is 19.4. The Kier molecular flexibility index (Phi) is 17.4. The fraction of sp³-hybridized carbons (Fsp3) is 0.465. The van der Waals surface area contributed by atoms with E-state index in [4.69, 9.17) is 14.2 Å². The lowest BCUT2D eigenvalue weighted by Crippen LogP contribution is -2.47. The summed E-state index contributed by atoms with van der Waals surface area (Å²) in [6, 6.07) is 13.6. The number of halogens is 3. The first-order valence-electron chi connectivity index (χ1n) is 20.4. The number of aromatic amines is 1. The van der Waals surface area contributed by atoms with Crippen molar-refractivity contribution in [3.63, 3.8) is 0 Å². The summed E-state index contributed by atoms with van der Waals surface area (Å²) in [5.41, 5.74) is -1.30. The molecule has 0 aliphatic carbocycles. The second kappa shape index (κ2) is 22.2. The largest absolute Gasteiger partial charge is 0.471 e. The molecule has 0 bridgehead atoms. The number of fused-ring (bicyclic) bond motifs is 1. The second-order valence-electron chi connectivity index (χ2n) is 16.2. The van der Waals surface area contributed by atoms with Gasteiger partial charge in [-0.05, 0) is 50.1 Å². The molecular formula is C43H54F3N9O9. The number of nitrogens with zero attached hydrogens (tertiary/aromatic N) is 4. The molecule has 21 heteroatoms. The van der Waals surface area contributed by atoms with E-state index in [9.17, 15) is 41.9 Å². The molecule has 2 heterocycles. The quantitative estimate of drug-likeness (QED) is 0.0573. The van der Waals surface area contributed by atoms with Crippen LogP contribution in [0.1, 0.15) is 82.9 Å². The van der Waals surface area contributed by atoms with E-state index in [1.165, 1.54) is 12.1 Å². The molecule has 4 aromatic rings. The number of hydrogen-bond acceptors (Lipinski definition) is 12. The number of ether oxygens (including phenoxy) is 3. The van der Waals surface area contributed by atoms with Crippen LogP contribution in [-0.4, -0.2) is 94.0 Å². The zero-order chi connectivity index (χ0) is 47.2. The lowest BCUT2D eigenvalue weighted by molar-refractivity contribution is -0.276. The van der Waals surface area contributed by atoms with Gasteiger partial charge in [0.1, 0.15) is 6.61 Å². The topological polar surface area (TPSA) is 236 Å². The SMILES string of the molecule is CC(C)C(=O)Nc1nc2ncc(CN(C(=O)C(F)(F)F)c3ccc(C(=O)N[C@H](C)CCC(=O)NCCOC(C)(OCCNC(=O)OCc4ccccc4)C(C)(C)C)cc3)nc2c(=O)[nH]1. The third-order valence-electron chi connectivity index (χ3n) is 9.79. The van der Waals surface area contributed by atoms with Gasteiger partial charge in [-0.15, -0.1) is 0 Å². The number of amides is 5. The van der Waals surface area contributed by atoms with Gasteiger partial charge >= 0.3 is 18.2 Å². The Balaban J connectivity index is 1.24. The Labute approximate surface area is 367 Å². The molecule has 0 radical (unpaired) electrons. The van der Waals surface area contributed by atoms with E-state index in [1.807, 2.05) is 51.1 Å². The van der Waals surface area contributed by atoms with Gasteiger partial charge in [-0.1, -0.05) is 65.0 Å². The van der Waals surface area contributed by atoms with Gasteiger partial charge in [0, 0.05) is 48.1 Å². The number of carbonyl (C=O) groups excluding carboxylic acids is 5. The van der Waals surface area contributed by atoms with Crippen LogP contribution in [-0.2, 0) is 41.7 Å². The summed E-state index contributed by atoms with van der Waals surface area (Å²) < 4.78 is 58.6. The van der Waals surface area contributed by atoms with E-state index >= 15 is 0 Å². The molecule has 0 aliphatic heterocycles. The van der Waals surface area contributed by atoms with Gasteiger partial charge < -0.3 is 30.2 Å². The van der Waals surface area contributed by atoms with Crippen molar-refractivity contribution in [2.24, 2.45) is 11.3 Å². The van der Waals surface area contributed by atoms with Crippen molar-refractivity contribution < 1.29 is 51.4 Å². The van der Waals surface area contributed by atoms with Crippen LogP contribution in [0.2, 0.25) is 0 Å². The normalized spacial score (nSPS) is 13.1. The van der Waals surface area contributed by atoms with Crippen molar-refractivity contribution in [3.8, 4) is 0 Å². The molecule has 5 N–H and O–H groups in total. The number of alkyl halides is 3. The standard InChI is InChI=1S/C43H54F3N9O9/c1-26(2)35(57)53-39-52-34-33(37(59)54-39)51-30(23-49-34)24-55(38(60)43(44,45)46)31-16-14-29(15-17-31)36(58)50-27(3)13-18-32(56)47-19-21-63-42(7,41(4,5)6)64-22-20-48-40(61)62-25-28-11-9-8-10-12-28/h8-12,14-17,23,26-27H,13,18-22,24-25H2,1-7H3,(H,47,56)(H,48,61)(H,50,58)(H2,49,52,53,54,57,59)/t27-,42?/m1/s1. The maximum atomic E-state index is 13.8.